The first-order valence-electron chi connectivity index (χ1n) is 6.06. The maximum absolute atomic E-state index is 12.9. The van der Waals surface area contributed by atoms with E-state index in [4.69, 9.17) is 4.52 Å². The average Bonchev–Trinajstić information content (AvgIpc) is 2.77. The van der Waals surface area contributed by atoms with Gasteiger partial charge in [0.05, 0.1) is 12.5 Å². The van der Waals surface area contributed by atoms with Crippen molar-refractivity contribution in [2.75, 3.05) is 7.05 Å². The van der Waals surface area contributed by atoms with E-state index < -0.39 is 18.0 Å². The maximum Gasteiger partial charge on any atom is 0.392 e. The number of hydrogen-bond donors (Lipinski definition) is 1. The summed E-state index contributed by atoms with van der Waals surface area (Å²) in [4.78, 5) is 4.05. The molecule has 2 rings (SSSR count). The predicted octanol–water partition coefficient (Wildman–Crippen LogP) is 2.63. The van der Waals surface area contributed by atoms with Gasteiger partial charge in [0.2, 0.25) is 5.89 Å². The fourth-order valence-electron chi connectivity index (χ4n) is 2.47. The highest BCUT2D eigenvalue weighted by molar-refractivity contribution is 5.00. The lowest BCUT2D eigenvalue weighted by molar-refractivity contribution is -0.189. The molecule has 0 radical (unpaired) electrons. The minimum absolute atomic E-state index is 0.127. The Kier molecular flexibility index (Phi) is 3.89. The smallest absolute Gasteiger partial charge is 0.339 e. The SMILES string of the molecule is CNCc1noc(C2CCCCC2C(F)(F)F)n1. The van der Waals surface area contributed by atoms with Gasteiger partial charge in [0.25, 0.3) is 0 Å². The second-order valence-electron chi connectivity index (χ2n) is 4.62. The van der Waals surface area contributed by atoms with Gasteiger partial charge in [-0.3, -0.25) is 0 Å². The van der Waals surface area contributed by atoms with Crippen molar-refractivity contribution in [2.24, 2.45) is 5.92 Å². The van der Waals surface area contributed by atoms with Crippen LogP contribution in [0, 0.1) is 5.92 Å². The first kappa shape index (κ1) is 13.3. The minimum Gasteiger partial charge on any atom is -0.339 e. The molecule has 1 aliphatic carbocycles. The van der Waals surface area contributed by atoms with Crippen LogP contribution < -0.4 is 5.32 Å². The summed E-state index contributed by atoms with van der Waals surface area (Å²) >= 11 is 0. The molecule has 0 amide bonds. The van der Waals surface area contributed by atoms with E-state index in [1.807, 2.05) is 0 Å². The predicted molar refractivity (Wildman–Crippen MR) is 57.8 cm³/mol. The summed E-state index contributed by atoms with van der Waals surface area (Å²) in [7, 11) is 1.72. The van der Waals surface area contributed by atoms with Crippen molar-refractivity contribution in [1.29, 1.82) is 0 Å². The largest absolute Gasteiger partial charge is 0.392 e. The van der Waals surface area contributed by atoms with E-state index in [9.17, 15) is 13.2 Å². The molecular formula is C11H16F3N3O. The zero-order valence-electron chi connectivity index (χ0n) is 10.1. The highest BCUT2D eigenvalue weighted by Crippen LogP contribution is 2.45. The molecular weight excluding hydrogens is 247 g/mol. The van der Waals surface area contributed by atoms with Crippen LogP contribution >= 0.6 is 0 Å². The van der Waals surface area contributed by atoms with Crippen LogP contribution in [0.15, 0.2) is 4.52 Å². The Morgan fingerprint density at radius 3 is 2.72 bits per heavy atom. The van der Waals surface area contributed by atoms with E-state index >= 15 is 0 Å². The highest BCUT2D eigenvalue weighted by atomic mass is 19.4. The average molecular weight is 263 g/mol. The van der Waals surface area contributed by atoms with Gasteiger partial charge in [-0.2, -0.15) is 18.2 Å². The Balaban J connectivity index is 2.17. The van der Waals surface area contributed by atoms with Crippen molar-refractivity contribution < 1.29 is 17.7 Å². The van der Waals surface area contributed by atoms with Crippen molar-refractivity contribution in [1.82, 2.24) is 15.5 Å². The highest BCUT2D eigenvalue weighted by Gasteiger charge is 2.47. The van der Waals surface area contributed by atoms with Gasteiger partial charge in [0.15, 0.2) is 5.82 Å². The van der Waals surface area contributed by atoms with Crippen LogP contribution in [-0.4, -0.2) is 23.4 Å². The lowest BCUT2D eigenvalue weighted by Crippen LogP contribution is -2.31. The molecule has 1 fully saturated rings. The van der Waals surface area contributed by atoms with Gasteiger partial charge < -0.3 is 9.84 Å². The van der Waals surface area contributed by atoms with E-state index in [0.29, 0.717) is 25.2 Å². The number of nitrogens with one attached hydrogen (secondary N) is 1. The summed E-state index contributed by atoms with van der Waals surface area (Å²) in [6, 6.07) is 0. The number of rotatable bonds is 3. The quantitative estimate of drug-likeness (QED) is 0.910. The zero-order valence-corrected chi connectivity index (χ0v) is 10.1. The summed E-state index contributed by atoms with van der Waals surface area (Å²) in [6.07, 6.45) is -2.19. The summed E-state index contributed by atoms with van der Waals surface area (Å²) in [5.41, 5.74) is 0. The second kappa shape index (κ2) is 5.26. The Hall–Kier alpha value is -1.11. The van der Waals surface area contributed by atoms with Gasteiger partial charge in [0.1, 0.15) is 0 Å². The molecule has 1 N–H and O–H groups in total. The van der Waals surface area contributed by atoms with Crippen LogP contribution in [0.5, 0.6) is 0 Å². The summed E-state index contributed by atoms with van der Waals surface area (Å²) in [6.45, 7) is 0.396. The van der Waals surface area contributed by atoms with Crippen LogP contribution in [0.2, 0.25) is 0 Å². The van der Waals surface area contributed by atoms with Crippen molar-refractivity contribution in [3.63, 3.8) is 0 Å². The molecule has 1 aromatic rings. The van der Waals surface area contributed by atoms with E-state index in [1.54, 1.807) is 7.05 Å². The third kappa shape index (κ3) is 2.82. The lowest BCUT2D eigenvalue weighted by atomic mass is 9.78. The molecule has 7 heteroatoms. The van der Waals surface area contributed by atoms with E-state index in [2.05, 4.69) is 15.5 Å². The molecule has 4 nitrogen and oxygen atoms in total. The second-order valence-corrected chi connectivity index (χ2v) is 4.62. The molecule has 0 aromatic carbocycles. The number of nitrogens with zero attached hydrogens (tertiary/aromatic N) is 2. The Labute approximate surface area is 103 Å². The fraction of sp³-hybridized carbons (Fsp3) is 0.818. The van der Waals surface area contributed by atoms with Crippen molar-refractivity contribution >= 4 is 0 Å². The van der Waals surface area contributed by atoms with Crippen LogP contribution in [0.1, 0.15) is 43.3 Å². The molecule has 0 bridgehead atoms. The van der Waals surface area contributed by atoms with Gasteiger partial charge >= 0.3 is 6.18 Å². The molecule has 1 aliphatic rings. The van der Waals surface area contributed by atoms with Gasteiger partial charge in [-0.15, -0.1) is 0 Å². The monoisotopic (exact) mass is 263 g/mol. The molecule has 0 aliphatic heterocycles. The van der Waals surface area contributed by atoms with Crippen LogP contribution in [0.4, 0.5) is 13.2 Å². The first-order valence-corrected chi connectivity index (χ1v) is 6.06. The van der Waals surface area contributed by atoms with E-state index in [1.165, 1.54) is 0 Å². The normalized spacial score (nSPS) is 25.3. The van der Waals surface area contributed by atoms with Gasteiger partial charge in [-0.05, 0) is 19.9 Å². The molecule has 1 aromatic heterocycles. The standard InChI is InChI=1S/C11H16F3N3O/c1-15-6-9-16-10(18-17-9)7-4-2-3-5-8(7)11(12,13)14/h7-8,15H,2-6H2,1H3. The fourth-order valence-corrected chi connectivity index (χ4v) is 2.47. The topological polar surface area (TPSA) is 51.0 Å². The third-order valence-corrected chi connectivity index (χ3v) is 3.32. The molecule has 2 unspecified atom stereocenters. The van der Waals surface area contributed by atoms with Gasteiger partial charge in [0, 0.05) is 5.92 Å². The van der Waals surface area contributed by atoms with Crippen molar-refractivity contribution in [3.05, 3.63) is 11.7 Å². The van der Waals surface area contributed by atoms with Crippen LogP contribution in [0.25, 0.3) is 0 Å². The molecule has 18 heavy (non-hydrogen) atoms. The van der Waals surface area contributed by atoms with Gasteiger partial charge in [-0.1, -0.05) is 18.0 Å². The lowest BCUT2D eigenvalue weighted by Gasteiger charge is -2.30. The molecule has 2 atom stereocenters. The molecule has 0 saturated heterocycles. The Morgan fingerprint density at radius 2 is 2.06 bits per heavy atom. The van der Waals surface area contributed by atoms with Crippen LogP contribution in [-0.2, 0) is 6.54 Å². The van der Waals surface area contributed by atoms with E-state index in [-0.39, 0.29) is 12.3 Å². The number of hydrogen-bond acceptors (Lipinski definition) is 4. The Morgan fingerprint density at radius 1 is 1.33 bits per heavy atom. The van der Waals surface area contributed by atoms with Crippen LogP contribution in [0.3, 0.4) is 0 Å². The molecule has 102 valence electrons. The third-order valence-electron chi connectivity index (χ3n) is 3.32. The Bertz CT molecular complexity index is 391. The van der Waals surface area contributed by atoms with E-state index in [0.717, 1.165) is 6.42 Å². The maximum atomic E-state index is 12.9. The molecule has 1 saturated carbocycles. The van der Waals surface area contributed by atoms with Crippen molar-refractivity contribution in [2.45, 2.75) is 44.3 Å². The van der Waals surface area contributed by atoms with Crippen molar-refractivity contribution in [3.8, 4) is 0 Å². The zero-order chi connectivity index (χ0) is 13.2. The summed E-state index contributed by atoms with van der Waals surface area (Å²) in [5, 5.41) is 6.52. The number of halogens is 3. The number of alkyl halides is 3. The molecule has 1 heterocycles. The van der Waals surface area contributed by atoms with Gasteiger partial charge in [-0.25, -0.2) is 0 Å². The minimum atomic E-state index is -4.19. The summed E-state index contributed by atoms with van der Waals surface area (Å²) < 4.78 is 43.8. The first-order chi connectivity index (χ1) is 8.52. The summed E-state index contributed by atoms with van der Waals surface area (Å²) in [5.74, 6) is -1.51. The number of aromatic nitrogens is 2. The molecule has 0 spiro atoms.